The molecule has 0 aromatic heterocycles. The summed E-state index contributed by atoms with van der Waals surface area (Å²) in [7, 11) is -8.00. The van der Waals surface area contributed by atoms with Crippen LogP contribution in [-0.2, 0) is 44.5 Å². The van der Waals surface area contributed by atoms with Crippen molar-refractivity contribution in [3.63, 3.8) is 0 Å². The summed E-state index contributed by atoms with van der Waals surface area (Å²) < 4.78 is 50.1. The van der Waals surface area contributed by atoms with Gasteiger partial charge in [0.25, 0.3) is 0 Å². The molecule has 2 rings (SSSR count). The summed E-state index contributed by atoms with van der Waals surface area (Å²) in [6.07, 6.45) is -0.890. The Hall–Kier alpha value is -2.50. The van der Waals surface area contributed by atoms with E-state index in [2.05, 4.69) is 10.6 Å². The second-order valence-electron chi connectivity index (χ2n) is 11.5. The number of hydrogen-bond donors (Lipinski definition) is 5. The molecule has 0 fully saturated rings. The largest absolute Gasteiger partial charge is 0.480 e. The third kappa shape index (κ3) is 14.9. The highest BCUT2D eigenvalue weighted by Crippen LogP contribution is 2.54. The first-order valence-electron chi connectivity index (χ1n) is 16.3. The molecule has 0 aliphatic rings. The molecular formula is C32H44Cl4N5O10PS. The van der Waals surface area contributed by atoms with Gasteiger partial charge in [0.15, 0.2) is 15.9 Å². The first-order valence-corrected chi connectivity index (χ1v) is 21.6. The van der Waals surface area contributed by atoms with Crippen molar-refractivity contribution >= 4 is 87.7 Å². The summed E-state index contributed by atoms with van der Waals surface area (Å²) in [5, 5.41) is 23.8. The number of nitrogens with one attached hydrogen (secondary N) is 2. The van der Waals surface area contributed by atoms with Crippen LogP contribution in [0.3, 0.4) is 0 Å². The van der Waals surface area contributed by atoms with Gasteiger partial charge in [-0.05, 0) is 29.7 Å². The lowest BCUT2D eigenvalue weighted by atomic mass is 10.0. The molecule has 2 amide bonds. The molecule has 2 aromatic rings. The van der Waals surface area contributed by atoms with Gasteiger partial charge in [0.05, 0.1) is 17.3 Å². The maximum atomic E-state index is 14.3. The van der Waals surface area contributed by atoms with Crippen LogP contribution < -0.4 is 16.4 Å². The van der Waals surface area contributed by atoms with Gasteiger partial charge in [0.1, 0.15) is 12.1 Å². The number of alkyl halides is 4. The van der Waals surface area contributed by atoms with E-state index >= 15 is 0 Å². The molecule has 1 unspecified atom stereocenters. The number of hydrogen-bond acceptors (Lipinski definition) is 9. The molecule has 0 heterocycles. The third-order valence-electron chi connectivity index (χ3n) is 7.71. The maximum Gasteiger partial charge on any atom is 0.346 e. The topological polar surface area (TPSA) is 226 Å². The smallest absolute Gasteiger partial charge is 0.346 e. The predicted molar refractivity (Wildman–Crippen MR) is 204 cm³/mol. The Morgan fingerprint density at radius 2 is 1.40 bits per heavy atom. The van der Waals surface area contributed by atoms with E-state index in [1.54, 1.807) is 18.2 Å². The van der Waals surface area contributed by atoms with Crippen LogP contribution in [0.5, 0.6) is 0 Å². The van der Waals surface area contributed by atoms with E-state index in [-0.39, 0.29) is 85.0 Å². The number of carboxylic acids is 2. The molecule has 0 bridgehead atoms. The first kappa shape index (κ1) is 46.7. The number of benzene rings is 2. The van der Waals surface area contributed by atoms with Gasteiger partial charge >= 0.3 is 19.6 Å². The zero-order valence-electron chi connectivity index (χ0n) is 28.6. The normalized spacial score (nSPS) is 13.7. The van der Waals surface area contributed by atoms with E-state index in [0.717, 1.165) is 0 Å². The Morgan fingerprint density at radius 3 is 1.91 bits per heavy atom. The Kier molecular flexibility index (Phi) is 20.6. The van der Waals surface area contributed by atoms with E-state index < -0.39 is 71.7 Å². The second-order valence-corrected chi connectivity index (χ2v) is 17.4. The van der Waals surface area contributed by atoms with Crippen molar-refractivity contribution in [2.45, 2.75) is 42.3 Å². The number of carbonyl (C=O) groups is 4. The minimum absolute atomic E-state index is 0.0868. The van der Waals surface area contributed by atoms with Gasteiger partial charge < -0.3 is 31.1 Å². The van der Waals surface area contributed by atoms with Crippen molar-refractivity contribution in [3.8, 4) is 0 Å². The van der Waals surface area contributed by atoms with Crippen LogP contribution >= 0.6 is 54.1 Å². The average Bonchev–Trinajstić information content (AvgIpc) is 3.12. The Morgan fingerprint density at radius 1 is 0.830 bits per heavy atom. The highest BCUT2D eigenvalue weighted by Gasteiger charge is 2.38. The quantitative estimate of drug-likeness (QED) is 0.0677. The first-order chi connectivity index (χ1) is 25.1. The highest BCUT2D eigenvalue weighted by atomic mass is 35.5. The minimum atomic E-state index is -4.10. The van der Waals surface area contributed by atoms with Gasteiger partial charge in [-0.15, -0.1) is 46.4 Å². The Bertz CT molecular complexity index is 1630. The number of carbonyl (C=O) groups excluding carboxylic acids is 2. The van der Waals surface area contributed by atoms with Crippen LogP contribution in [0.25, 0.3) is 0 Å². The zero-order chi connectivity index (χ0) is 39.6. The van der Waals surface area contributed by atoms with E-state index in [4.69, 9.17) is 61.8 Å². The molecule has 0 saturated heterocycles. The van der Waals surface area contributed by atoms with E-state index in [9.17, 15) is 37.3 Å². The van der Waals surface area contributed by atoms with Gasteiger partial charge in [0, 0.05) is 62.5 Å². The standard InChI is InChI=1S/C32H44Cl4N5O10PS/c33-11-15-40(16-12-34)52(48,41(17-13-35)18-14-36)51-19-20-53(49,50)25-8-4-5-23(21-25)22-27(38-28(42)10-9-26(37)31(44)45)30(43)39-29(32(46)47)24-6-2-1-3-7-24/h1-8,21,26-27,29H,9-20,22,37H2,(H,38,42)(H,39,43)(H,44,45)(H,46,47)/t26?,27-,29+/m0/s1. The van der Waals surface area contributed by atoms with E-state index in [1.165, 1.54) is 45.7 Å². The Balaban J connectivity index is 2.35. The number of sulfone groups is 1. The van der Waals surface area contributed by atoms with Gasteiger partial charge in [-0.25, -0.2) is 22.6 Å². The molecule has 21 heteroatoms. The molecule has 0 spiro atoms. The van der Waals surface area contributed by atoms with Crippen LogP contribution in [-0.4, -0.2) is 126 Å². The molecular weight excluding hydrogens is 819 g/mol. The molecule has 15 nitrogen and oxygen atoms in total. The lowest BCUT2D eigenvalue weighted by Gasteiger charge is -2.37. The molecule has 53 heavy (non-hydrogen) atoms. The molecule has 0 radical (unpaired) electrons. The van der Waals surface area contributed by atoms with Crippen molar-refractivity contribution in [2.24, 2.45) is 5.73 Å². The third-order valence-corrected chi connectivity index (χ3v) is 12.8. The van der Waals surface area contributed by atoms with Gasteiger partial charge in [0.2, 0.25) is 11.8 Å². The average molecular weight is 864 g/mol. The zero-order valence-corrected chi connectivity index (χ0v) is 33.4. The molecule has 2 aromatic carbocycles. The van der Waals surface area contributed by atoms with Crippen LogP contribution in [0.15, 0.2) is 59.5 Å². The van der Waals surface area contributed by atoms with Crippen molar-refractivity contribution in [2.75, 3.05) is 62.1 Å². The van der Waals surface area contributed by atoms with Gasteiger partial charge in [-0.2, -0.15) is 0 Å². The van der Waals surface area contributed by atoms with Crippen molar-refractivity contribution in [1.82, 2.24) is 20.0 Å². The fourth-order valence-corrected chi connectivity index (χ4v) is 10.00. The number of rotatable bonds is 26. The van der Waals surface area contributed by atoms with Crippen LogP contribution in [0.2, 0.25) is 0 Å². The second kappa shape index (κ2) is 23.4. The molecule has 296 valence electrons. The van der Waals surface area contributed by atoms with Crippen molar-refractivity contribution < 1.29 is 46.9 Å². The number of nitrogens with two attached hydrogens (primary N) is 1. The summed E-state index contributed by atoms with van der Waals surface area (Å²) in [6, 6.07) is 9.13. The summed E-state index contributed by atoms with van der Waals surface area (Å²) in [5.41, 5.74) is 6.04. The monoisotopic (exact) mass is 861 g/mol. The fourth-order valence-electron chi connectivity index (χ4n) is 5.01. The molecule has 0 saturated carbocycles. The van der Waals surface area contributed by atoms with Crippen molar-refractivity contribution in [3.05, 3.63) is 65.7 Å². The number of amides is 2. The lowest BCUT2D eigenvalue weighted by Crippen LogP contribution is -2.50. The molecule has 3 atom stereocenters. The molecule has 6 N–H and O–H groups in total. The molecule has 0 aliphatic heterocycles. The summed E-state index contributed by atoms with van der Waals surface area (Å²) in [4.78, 5) is 49.4. The van der Waals surface area contributed by atoms with Gasteiger partial charge in [-0.3, -0.25) is 18.9 Å². The number of nitrogens with zero attached hydrogens (tertiary/aromatic N) is 2. The summed E-state index contributed by atoms with van der Waals surface area (Å²) in [5.74, 6) is -4.59. The van der Waals surface area contributed by atoms with E-state index in [1.807, 2.05) is 0 Å². The SMILES string of the molecule is NC(CCC(=O)N[C@@H](Cc1cccc(S(=O)(=O)CCOP(=O)(N(CCCl)CCCl)N(CCCl)CCCl)c1)C(=O)N[C@@H](C(=O)O)c1ccccc1)C(=O)O. The highest BCUT2D eigenvalue weighted by molar-refractivity contribution is 7.91. The molecule has 0 aliphatic carbocycles. The fraction of sp³-hybridized carbons (Fsp3) is 0.500. The predicted octanol–water partition coefficient (Wildman–Crippen LogP) is 3.31. The number of carboxylic acid groups (broad SMARTS) is 2. The van der Waals surface area contributed by atoms with Crippen LogP contribution in [0.4, 0.5) is 0 Å². The Labute approximate surface area is 328 Å². The lowest BCUT2D eigenvalue weighted by molar-refractivity contribution is -0.142. The van der Waals surface area contributed by atoms with E-state index in [0.29, 0.717) is 0 Å². The van der Waals surface area contributed by atoms with Crippen LogP contribution in [0.1, 0.15) is 30.0 Å². The summed E-state index contributed by atoms with van der Waals surface area (Å²) in [6.45, 7) is -0.00782. The van der Waals surface area contributed by atoms with Crippen molar-refractivity contribution in [1.29, 1.82) is 0 Å². The number of aliphatic carboxylic acids is 2. The summed E-state index contributed by atoms with van der Waals surface area (Å²) >= 11 is 23.8. The maximum absolute atomic E-state index is 14.3. The minimum Gasteiger partial charge on any atom is -0.480 e. The number of halogens is 4. The van der Waals surface area contributed by atoms with Crippen LogP contribution in [0, 0.1) is 0 Å². The van der Waals surface area contributed by atoms with Gasteiger partial charge in [-0.1, -0.05) is 42.5 Å².